The Kier molecular flexibility index (Phi) is 5.22. The number of nitrogens with two attached hydrogens (primary N) is 1. The molecule has 0 atom stereocenters. The first-order valence-electron chi connectivity index (χ1n) is 8.45. The van der Waals surface area contributed by atoms with Gasteiger partial charge in [0.2, 0.25) is 0 Å². The number of anilines is 1. The fraction of sp³-hybridized carbons (Fsp3) is 0.0500. The number of hydrogen-bond acceptors (Lipinski definition) is 7. The molecule has 4 aromatic rings. The zero-order chi connectivity index (χ0) is 19.3. The second-order valence-electron chi connectivity index (χ2n) is 5.76. The van der Waals surface area contributed by atoms with E-state index in [2.05, 4.69) is 15.5 Å². The number of thioether (sulfide) groups is 1. The second kappa shape index (κ2) is 8.12. The quantitative estimate of drug-likeness (QED) is 0.373. The van der Waals surface area contributed by atoms with E-state index in [9.17, 15) is 4.79 Å². The summed E-state index contributed by atoms with van der Waals surface area (Å²) in [6.07, 6.45) is 1.50. The van der Waals surface area contributed by atoms with E-state index < -0.39 is 0 Å². The highest BCUT2D eigenvalue weighted by Crippen LogP contribution is 2.25. The maximum atomic E-state index is 12.6. The minimum atomic E-state index is -0.341. The molecule has 0 fully saturated rings. The van der Waals surface area contributed by atoms with E-state index in [4.69, 9.17) is 14.6 Å². The molecule has 7 nitrogen and oxygen atoms in total. The molecular weight excluding hydrogens is 376 g/mol. The van der Waals surface area contributed by atoms with Gasteiger partial charge < -0.3 is 14.6 Å². The van der Waals surface area contributed by atoms with Crippen molar-refractivity contribution in [3.8, 4) is 22.8 Å². The lowest BCUT2D eigenvalue weighted by Crippen LogP contribution is -2.12. The molecule has 0 aliphatic heterocycles. The maximum Gasteiger partial charge on any atom is 0.322 e. The highest BCUT2D eigenvalue weighted by Gasteiger charge is 2.14. The summed E-state index contributed by atoms with van der Waals surface area (Å²) < 4.78 is 10.6. The molecule has 0 saturated carbocycles. The van der Waals surface area contributed by atoms with E-state index in [-0.39, 0.29) is 17.8 Å². The third-order valence-corrected chi connectivity index (χ3v) is 4.71. The van der Waals surface area contributed by atoms with Crippen molar-refractivity contribution in [1.82, 2.24) is 10.2 Å². The third kappa shape index (κ3) is 3.98. The number of nitrogens with one attached hydrogen (secondary N) is 1. The van der Waals surface area contributed by atoms with Gasteiger partial charge in [-0.25, -0.2) is 0 Å². The van der Waals surface area contributed by atoms with Crippen LogP contribution in [0.4, 0.5) is 6.01 Å². The molecule has 0 saturated heterocycles. The highest BCUT2D eigenvalue weighted by atomic mass is 32.2. The number of amides is 1. The lowest BCUT2D eigenvalue weighted by molar-refractivity contribution is 0.102. The van der Waals surface area contributed by atoms with Gasteiger partial charge in [0.1, 0.15) is 0 Å². The van der Waals surface area contributed by atoms with Crippen LogP contribution in [0.1, 0.15) is 10.4 Å². The number of carbonyl (C=O) groups excluding carboxylic acids is 1. The molecular formula is C20H16N4O3S. The van der Waals surface area contributed by atoms with Crippen LogP contribution in [-0.2, 0) is 0 Å². The highest BCUT2D eigenvalue weighted by molar-refractivity contribution is 7.99. The molecule has 3 N–H and O–H groups in total. The normalized spacial score (nSPS) is 10.8. The Labute approximate surface area is 165 Å². The second-order valence-corrected chi connectivity index (χ2v) is 6.85. The van der Waals surface area contributed by atoms with Gasteiger partial charge in [0.15, 0.2) is 5.76 Å². The Morgan fingerprint density at radius 2 is 1.89 bits per heavy atom. The molecule has 2 aromatic carbocycles. The Hall–Kier alpha value is -3.36. The molecule has 140 valence electrons. The van der Waals surface area contributed by atoms with Crippen molar-refractivity contribution in [3.63, 3.8) is 0 Å². The van der Waals surface area contributed by atoms with Gasteiger partial charge >= 0.3 is 6.01 Å². The van der Waals surface area contributed by atoms with Crippen LogP contribution in [0.3, 0.4) is 0 Å². The van der Waals surface area contributed by atoms with Gasteiger partial charge in [0, 0.05) is 16.3 Å². The first-order chi connectivity index (χ1) is 13.7. The fourth-order valence-corrected chi connectivity index (χ4v) is 3.14. The SMILES string of the molecule is NCSc1ccc(-c2cccc(C(=O)Nc3nnc(-c4ccco4)o3)c2)cc1. The Balaban J connectivity index is 1.50. The number of hydrogen-bond donors (Lipinski definition) is 2. The molecule has 0 spiro atoms. The number of benzene rings is 2. The van der Waals surface area contributed by atoms with Crippen molar-refractivity contribution in [3.05, 3.63) is 72.5 Å². The van der Waals surface area contributed by atoms with Gasteiger partial charge in [-0.2, -0.15) is 0 Å². The first kappa shape index (κ1) is 18.0. The van der Waals surface area contributed by atoms with E-state index in [1.54, 1.807) is 30.0 Å². The van der Waals surface area contributed by atoms with Crippen LogP contribution in [0.5, 0.6) is 0 Å². The van der Waals surface area contributed by atoms with Crippen molar-refractivity contribution in [2.75, 3.05) is 11.2 Å². The van der Waals surface area contributed by atoms with Crippen LogP contribution in [0.2, 0.25) is 0 Å². The van der Waals surface area contributed by atoms with Crippen molar-refractivity contribution >= 4 is 23.7 Å². The summed E-state index contributed by atoms with van der Waals surface area (Å²) in [4.78, 5) is 13.7. The number of carbonyl (C=O) groups is 1. The molecule has 2 heterocycles. The lowest BCUT2D eigenvalue weighted by Gasteiger charge is -2.06. The summed E-state index contributed by atoms with van der Waals surface area (Å²) in [6.45, 7) is 0. The minimum Gasteiger partial charge on any atom is -0.459 e. The smallest absolute Gasteiger partial charge is 0.322 e. The maximum absolute atomic E-state index is 12.6. The van der Waals surface area contributed by atoms with E-state index in [0.29, 0.717) is 17.2 Å². The predicted molar refractivity (Wildman–Crippen MR) is 107 cm³/mol. The standard InChI is InChI=1S/C20H16N4O3S/c21-12-28-16-8-6-13(7-9-16)14-3-1-4-15(11-14)18(25)22-20-24-23-19(27-20)17-5-2-10-26-17/h1-11H,12,21H2,(H,22,24,25). The molecule has 8 heteroatoms. The van der Waals surface area contributed by atoms with Gasteiger partial charge in [-0.15, -0.1) is 16.9 Å². The summed E-state index contributed by atoms with van der Waals surface area (Å²) in [5, 5.41) is 10.3. The van der Waals surface area contributed by atoms with Crippen LogP contribution in [-0.4, -0.2) is 22.0 Å². The van der Waals surface area contributed by atoms with Gasteiger partial charge in [-0.1, -0.05) is 29.4 Å². The van der Waals surface area contributed by atoms with Gasteiger partial charge in [-0.05, 0) is 47.5 Å². The molecule has 0 bridgehead atoms. The van der Waals surface area contributed by atoms with Crippen LogP contribution in [0.15, 0.2) is 80.7 Å². The number of nitrogens with zero attached hydrogens (tertiary/aromatic N) is 2. The van der Waals surface area contributed by atoms with Gasteiger partial charge in [0.25, 0.3) is 11.8 Å². The zero-order valence-corrected chi connectivity index (χ0v) is 15.5. The average molecular weight is 392 g/mol. The largest absolute Gasteiger partial charge is 0.459 e. The monoisotopic (exact) mass is 392 g/mol. The summed E-state index contributed by atoms with van der Waals surface area (Å²) in [7, 11) is 0. The summed E-state index contributed by atoms with van der Waals surface area (Å²) in [6, 6.07) is 18.7. The molecule has 4 rings (SSSR count). The van der Waals surface area contributed by atoms with Crippen LogP contribution in [0.25, 0.3) is 22.8 Å². The van der Waals surface area contributed by atoms with Crippen molar-refractivity contribution in [2.45, 2.75) is 4.90 Å². The molecule has 0 radical (unpaired) electrons. The van der Waals surface area contributed by atoms with Gasteiger partial charge in [0.05, 0.1) is 6.26 Å². The minimum absolute atomic E-state index is 0.00460. The third-order valence-electron chi connectivity index (χ3n) is 3.94. The Bertz CT molecular complexity index is 1080. The number of rotatable bonds is 6. The Morgan fingerprint density at radius 3 is 2.64 bits per heavy atom. The number of aromatic nitrogens is 2. The molecule has 1 amide bonds. The van der Waals surface area contributed by atoms with E-state index >= 15 is 0 Å². The molecule has 0 aliphatic rings. The first-order valence-corrected chi connectivity index (χ1v) is 9.43. The van der Waals surface area contributed by atoms with E-state index in [0.717, 1.165) is 16.0 Å². The van der Waals surface area contributed by atoms with E-state index in [1.807, 2.05) is 42.5 Å². The van der Waals surface area contributed by atoms with Crippen LogP contribution in [0, 0.1) is 0 Å². The average Bonchev–Trinajstić information content (AvgIpc) is 3.41. The Morgan fingerprint density at radius 1 is 1.04 bits per heavy atom. The van der Waals surface area contributed by atoms with Gasteiger partial charge in [-0.3, -0.25) is 10.1 Å². The summed E-state index contributed by atoms with van der Waals surface area (Å²) in [5.74, 6) is 0.828. The molecule has 2 aromatic heterocycles. The lowest BCUT2D eigenvalue weighted by atomic mass is 10.0. The topological polar surface area (TPSA) is 107 Å². The fourth-order valence-electron chi connectivity index (χ4n) is 2.62. The van der Waals surface area contributed by atoms with Crippen LogP contribution < -0.4 is 11.1 Å². The van der Waals surface area contributed by atoms with E-state index in [1.165, 1.54) is 6.26 Å². The van der Waals surface area contributed by atoms with Crippen LogP contribution >= 0.6 is 11.8 Å². The number of furan rings is 1. The zero-order valence-electron chi connectivity index (χ0n) is 14.7. The van der Waals surface area contributed by atoms with Crippen molar-refractivity contribution < 1.29 is 13.6 Å². The summed E-state index contributed by atoms with van der Waals surface area (Å²) >= 11 is 1.57. The molecule has 0 unspecified atom stereocenters. The van der Waals surface area contributed by atoms with Crippen molar-refractivity contribution in [1.29, 1.82) is 0 Å². The predicted octanol–water partition coefficient (Wildman–Crippen LogP) is 4.26. The van der Waals surface area contributed by atoms with Crippen molar-refractivity contribution in [2.24, 2.45) is 5.73 Å². The molecule has 0 aliphatic carbocycles. The molecule has 28 heavy (non-hydrogen) atoms. The summed E-state index contributed by atoms with van der Waals surface area (Å²) in [5.41, 5.74) is 7.97.